The van der Waals surface area contributed by atoms with E-state index >= 15 is 0 Å². The number of hydrogen-bond acceptors (Lipinski definition) is 8. The fraction of sp³-hybridized carbons (Fsp3) is 0.562. The fourth-order valence-corrected chi connectivity index (χ4v) is 3.56. The van der Waals surface area contributed by atoms with Gasteiger partial charge in [0.25, 0.3) is 5.91 Å². The second kappa shape index (κ2) is 7.31. The minimum atomic E-state index is -3.75. The van der Waals surface area contributed by atoms with Gasteiger partial charge in [0, 0.05) is 12.8 Å². The van der Waals surface area contributed by atoms with Crippen LogP contribution in [0.15, 0.2) is 23.3 Å². The van der Waals surface area contributed by atoms with Crippen molar-refractivity contribution in [3.05, 3.63) is 23.3 Å². The van der Waals surface area contributed by atoms with Gasteiger partial charge in [-0.2, -0.15) is 0 Å². The zero-order chi connectivity index (χ0) is 20.6. The molecular formula is C16H23N3O7S. The highest BCUT2D eigenvalue weighted by Gasteiger charge is 2.50. The molecule has 1 atom stereocenters. The first-order chi connectivity index (χ1) is 12.3. The lowest BCUT2D eigenvalue weighted by atomic mass is 10.2. The van der Waals surface area contributed by atoms with Crippen molar-refractivity contribution >= 4 is 27.8 Å². The normalized spacial score (nSPS) is 20.5. The van der Waals surface area contributed by atoms with Gasteiger partial charge in [-0.25, -0.2) is 28.0 Å². The first kappa shape index (κ1) is 20.9. The molecule has 2 heterocycles. The zero-order valence-corrected chi connectivity index (χ0v) is 16.5. The summed E-state index contributed by atoms with van der Waals surface area (Å²) in [7, 11) is -3.75. The standard InChI is InChI=1S/C16H23N3O7S/c1-6-7-25-14(21)12-11(27(5,23)24)9-18-8-10(13(20)19(12)18)17-15(22)26-16(2,3)4/h6,10H,1,7-9H2,2-5H3,(H,17,22)/t10-/m1/s1. The van der Waals surface area contributed by atoms with Crippen LogP contribution in [0.5, 0.6) is 0 Å². The highest BCUT2D eigenvalue weighted by molar-refractivity contribution is 7.94. The van der Waals surface area contributed by atoms with Crippen LogP contribution in [-0.4, -0.2) is 74.0 Å². The minimum Gasteiger partial charge on any atom is -0.457 e. The Labute approximate surface area is 157 Å². The van der Waals surface area contributed by atoms with Gasteiger partial charge < -0.3 is 14.8 Å². The van der Waals surface area contributed by atoms with E-state index in [2.05, 4.69) is 11.9 Å². The Morgan fingerprint density at radius 1 is 1.37 bits per heavy atom. The Morgan fingerprint density at radius 2 is 2.00 bits per heavy atom. The predicted molar refractivity (Wildman–Crippen MR) is 94.6 cm³/mol. The van der Waals surface area contributed by atoms with Crippen molar-refractivity contribution in [1.82, 2.24) is 15.3 Å². The smallest absolute Gasteiger partial charge is 0.408 e. The van der Waals surface area contributed by atoms with Gasteiger partial charge in [-0.15, -0.1) is 0 Å². The summed E-state index contributed by atoms with van der Waals surface area (Å²) in [6.45, 7) is 8.15. The predicted octanol–water partition coefficient (Wildman–Crippen LogP) is -0.0621. The van der Waals surface area contributed by atoms with Gasteiger partial charge in [0.1, 0.15) is 18.2 Å². The number of carbonyl (C=O) groups excluding carboxylic acids is 3. The van der Waals surface area contributed by atoms with E-state index < -0.39 is 39.4 Å². The maximum absolute atomic E-state index is 12.7. The lowest BCUT2D eigenvalue weighted by Crippen LogP contribution is -2.45. The zero-order valence-electron chi connectivity index (χ0n) is 15.6. The first-order valence-electron chi connectivity index (χ1n) is 8.14. The van der Waals surface area contributed by atoms with E-state index in [0.29, 0.717) is 0 Å². The highest BCUT2D eigenvalue weighted by Crippen LogP contribution is 2.32. The average Bonchev–Trinajstić information content (AvgIpc) is 3.00. The number of hydrazine groups is 1. The Kier molecular flexibility index (Phi) is 5.66. The summed E-state index contributed by atoms with van der Waals surface area (Å²) in [6, 6.07) is -0.983. The molecule has 2 aliphatic heterocycles. The maximum atomic E-state index is 12.7. The van der Waals surface area contributed by atoms with Crippen molar-refractivity contribution in [1.29, 1.82) is 0 Å². The molecule has 0 aromatic carbocycles. The van der Waals surface area contributed by atoms with Crippen LogP contribution in [0.4, 0.5) is 4.79 Å². The summed E-state index contributed by atoms with van der Waals surface area (Å²) in [5, 5.41) is 4.75. The summed E-state index contributed by atoms with van der Waals surface area (Å²) < 4.78 is 34.1. The molecule has 1 fully saturated rings. The molecule has 0 saturated carbocycles. The van der Waals surface area contributed by atoms with E-state index in [1.165, 1.54) is 11.1 Å². The molecule has 0 spiro atoms. The number of alkyl carbamates (subject to hydrolysis) is 1. The van der Waals surface area contributed by atoms with E-state index in [0.717, 1.165) is 11.3 Å². The summed E-state index contributed by atoms with van der Waals surface area (Å²) in [6.07, 6.45) is 1.49. The number of nitrogens with one attached hydrogen (secondary N) is 1. The van der Waals surface area contributed by atoms with Gasteiger partial charge in [0.05, 0.1) is 11.4 Å². The molecule has 1 N–H and O–H groups in total. The van der Waals surface area contributed by atoms with Crippen LogP contribution >= 0.6 is 0 Å². The monoisotopic (exact) mass is 401 g/mol. The molecule has 150 valence electrons. The van der Waals surface area contributed by atoms with E-state index in [9.17, 15) is 22.8 Å². The molecule has 2 aliphatic rings. The van der Waals surface area contributed by atoms with Crippen molar-refractivity contribution in [2.45, 2.75) is 32.4 Å². The second-order valence-electron chi connectivity index (χ2n) is 7.13. The lowest BCUT2D eigenvalue weighted by Gasteiger charge is -2.21. The first-order valence-corrected chi connectivity index (χ1v) is 10.0. The molecule has 1 saturated heterocycles. The van der Waals surface area contributed by atoms with E-state index in [-0.39, 0.29) is 30.3 Å². The Hall–Kier alpha value is -2.40. The van der Waals surface area contributed by atoms with Crippen LogP contribution < -0.4 is 5.32 Å². The van der Waals surface area contributed by atoms with Crippen molar-refractivity contribution in [2.24, 2.45) is 0 Å². The van der Waals surface area contributed by atoms with Crippen molar-refractivity contribution in [3.63, 3.8) is 0 Å². The summed E-state index contributed by atoms with van der Waals surface area (Å²) in [4.78, 5) is 36.8. The average molecular weight is 401 g/mol. The molecule has 27 heavy (non-hydrogen) atoms. The second-order valence-corrected chi connectivity index (χ2v) is 9.16. The summed E-state index contributed by atoms with van der Waals surface area (Å²) in [5.74, 6) is -1.60. The van der Waals surface area contributed by atoms with Gasteiger partial charge in [-0.3, -0.25) is 4.79 Å². The Balaban J connectivity index is 2.26. The van der Waals surface area contributed by atoms with Gasteiger partial charge in [0.2, 0.25) is 0 Å². The third kappa shape index (κ3) is 4.66. The minimum absolute atomic E-state index is 0.00463. The highest BCUT2D eigenvalue weighted by atomic mass is 32.2. The van der Waals surface area contributed by atoms with Gasteiger partial charge in [0.15, 0.2) is 15.5 Å². The number of fused-ring (bicyclic) bond motifs is 1. The third-order valence-corrected chi connectivity index (χ3v) is 4.87. The summed E-state index contributed by atoms with van der Waals surface area (Å²) in [5.41, 5.74) is -1.11. The number of carbonyl (C=O) groups is 3. The number of ether oxygens (including phenoxy) is 2. The molecule has 0 aromatic rings. The van der Waals surface area contributed by atoms with Crippen LogP contribution in [-0.2, 0) is 28.9 Å². The Morgan fingerprint density at radius 3 is 2.52 bits per heavy atom. The SMILES string of the molecule is C=CCOC(=O)C1=C(S(C)(=O)=O)CN2C[C@@H](NC(=O)OC(C)(C)C)C(=O)N12. The van der Waals surface area contributed by atoms with Gasteiger partial charge >= 0.3 is 12.1 Å². The number of amides is 2. The number of rotatable bonds is 5. The lowest BCUT2D eigenvalue weighted by molar-refractivity contribution is -0.146. The molecule has 0 aromatic heterocycles. The number of sulfone groups is 1. The topological polar surface area (TPSA) is 122 Å². The van der Waals surface area contributed by atoms with E-state index in [1.54, 1.807) is 20.8 Å². The van der Waals surface area contributed by atoms with Crippen LogP contribution in [0.1, 0.15) is 20.8 Å². The molecule has 0 unspecified atom stereocenters. The van der Waals surface area contributed by atoms with E-state index in [4.69, 9.17) is 9.47 Å². The molecule has 2 amide bonds. The quantitative estimate of drug-likeness (QED) is 0.502. The largest absolute Gasteiger partial charge is 0.457 e. The maximum Gasteiger partial charge on any atom is 0.408 e. The molecule has 10 nitrogen and oxygen atoms in total. The molecule has 11 heteroatoms. The van der Waals surface area contributed by atoms with E-state index in [1.807, 2.05) is 0 Å². The third-order valence-electron chi connectivity index (χ3n) is 3.65. The van der Waals surface area contributed by atoms with Crippen molar-refractivity contribution in [2.75, 3.05) is 26.0 Å². The molecule has 0 bridgehead atoms. The molecule has 0 aliphatic carbocycles. The van der Waals surface area contributed by atoms with Gasteiger partial charge in [-0.1, -0.05) is 12.7 Å². The number of hydrogen-bond donors (Lipinski definition) is 1. The number of esters is 1. The Bertz CT molecular complexity index is 810. The molecule has 2 rings (SSSR count). The van der Waals surface area contributed by atoms with Crippen molar-refractivity contribution in [3.8, 4) is 0 Å². The summed E-state index contributed by atoms with van der Waals surface area (Å²) >= 11 is 0. The fourth-order valence-electron chi connectivity index (χ4n) is 2.66. The number of nitrogens with zero attached hydrogens (tertiary/aromatic N) is 2. The van der Waals surface area contributed by atoms with Crippen LogP contribution in [0.25, 0.3) is 0 Å². The van der Waals surface area contributed by atoms with Crippen LogP contribution in [0.2, 0.25) is 0 Å². The van der Waals surface area contributed by atoms with Crippen molar-refractivity contribution < 1.29 is 32.3 Å². The molecular weight excluding hydrogens is 378 g/mol. The van der Waals surface area contributed by atoms with Gasteiger partial charge in [-0.05, 0) is 20.8 Å². The molecule has 0 radical (unpaired) electrons. The van der Waals surface area contributed by atoms with Crippen LogP contribution in [0.3, 0.4) is 0 Å². The van der Waals surface area contributed by atoms with Crippen LogP contribution in [0, 0.1) is 0 Å².